The fourth-order valence-corrected chi connectivity index (χ4v) is 3.53. The third kappa shape index (κ3) is 4.56. The molecule has 0 aliphatic carbocycles. The summed E-state index contributed by atoms with van der Waals surface area (Å²) in [6.45, 7) is 2.95. The summed E-state index contributed by atoms with van der Waals surface area (Å²) >= 11 is 0. The number of nitrogens with zero attached hydrogens (tertiary/aromatic N) is 4. The Hall–Kier alpha value is -2.50. The Balaban J connectivity index is 1.45. The largest absolute Gasteiger partial charge is 0.497 e. The maximum absolute atomic E-state index is 5.28. The van der Waals surface area contributed by atoms with E-state index in [0.29, 0.717) is 5.92 Å². The molecular weight excluding hydrogens is 326 g/mol. The molecule has 1 aliphatic rings. The number of aromatic nitrogens is 2. The molecule has 2 aromatic rings. The third-order valence-corrected chi connectivity index (χ3v) is 4.96. The minimum atomic E-state index is 0.541. The number of aliphatic imine (C=N–C) groups is 1. The zero-order chi connectivity index (χ0) is 18.4. The molecule has 6 heteroatoms. The van der Waals surface area contributed by atoms with Crippen molar-refractivity contribution in [3.05, 3.63) is 47.8 Å². The molecule has 1 unspecified atom stereocenters. The van der Waals surface area contributed by atoms with E-state index >= 15 is 0 Å². The predicted octanol–water partition coefficient (Wildman–Crippen LogP) is 2.43. The minimum absolute atomic E-state index is 0.541. The molecule has 1 aromatic heterocycles. The number of methoxy groups -OCH3 is 1. The van der Waals surface area contributed by atoms with Gasteiger partial charge in [-0.3, -0.25) is 9.67 Å². The van der Waals surface area contributed by atoms with Crippen molar-refractivity contribution < 1.29 is 4.74 Å². The number of ether oxygens (including phenoxy) is 1. The highest BCUT2D eigenvalue weighted by Gasteiger charge is 2.26. The lowest BCUT2D eigenvalue weighted by atomic mass is 10.0. The molecular formula is C20H29N5O. The first-order valence-corrected chi connectivity index (χ1v) is 9.26. The van der Waals surface area contributed by atoms with Gasteiger partial charge in [0.25, 0.3) is 0 Å². The van der Waals surface area contributed by atoms with Crippen LogP contribution < -0.4 is 10.1 Å². The van der Waals surface area contributed by atoms with Crippen LogP contribution in [0.15, 0.2) is 41.7 Å². The van der Waals surface area contributed by atoms with E-state index in [-0.39, 0.29) is 0 Å². The zero-order valence-electron chi connectivity index (χ0n) is 16.0. The summed E-state index contributed by atoms with van der Waals surface area (Å²) in [6, 6.07) is 8.28. The highest BCUT2D eigenvalue weighted by Crippen LogP contribution is 2.26. The molecule has 1 aromatic carbocycles. The van der Waals surface area contributed by atoms with Crippen LogP contribution in [0, 0.1) is 0 Å². The Morgan fingerprint density at radius 2 is 2.31 bits per heavy atom. The third-order valence-electron chi connectivity index (χ3n) is 4.96. The molecule has 0 bridgehead atoms. The summed E-state index contributed by atoms with van der Waals surface area (Å²) in [5.74, 6) is 2.46. The number of likely N-dealkylation sites (tertiary alicyclic amines) is 1. The Kier molecular flexibility index (Phi) is 6.15. The van der Waals surface area contributed by atoms with Crippen LogP contribution in [0.5, 0.6) is 5.75 Å². The Bertz CT molecular complexity index is 739. The number of rotatable bonds is 6. The number of hydrogen-bond donors (Lipinski definition) is 1. The summed E-state index contributed by atoms with van der Waals surface area (Å²) in [5, 5.41) is 7.81. The van der Waals surface area contributed by atoms with Gasteiger partial charge < -0.3 is 15.0 Å². The molecule has 1 N–H and O–H groups in total. The molecule has 140 valence electrons. The van der Waals surface area contributed by atoms with Gasteiger partial charge in [-0.05, 0) is 42.5 Å². The van der Waals surface area contributed by atoms with Crippen LogP contribution in [0.25, 0.3) is 0 Å². The van der Waals surface area contributed by atoms with Gasteiger partial charge in [0, 0.05) is 45.8 Å². The van der Waals surface area contributed by atoms with Crippen molar-refractivity contribution in [1.29, 1.82) is 0 Å². The normalized spacial score (nSPS) is 17.6. The van der Waals surface area contributed by atoms with Crippen molar-refractivity contribution in [3.8, 4) is 5.75 Å². The minimum Gasteiger partial charge on any atom is -0.497 e. The highest BCUT2D eigenvalue weighted by atomic mass is 16.5. The first-order valence-electron chi connectivity index (χ1n) is 9.26. The van der Waals surface area contributed by atoms with Gasteiger partial charge in [0.2, 0.25) is 0 Å². The average molecular weight is 355 g/mol. The molecule has 1 saturated heterocycles. The van der Waals surface area contributed by atoms with Crippen LogP contribution in [0.1, 0.15) is 29.9 Å². The summed E-state index contributed by atoms with van der Waals surface area (Å²) in [4.78, 5) is 6.82. The van der Waals surface area contributed by atoms with Gasteiger partial charge >= 0.3 is 0 Å². The topological polar surface area (TPSA) is 54.7 Å². The van der Waals surface area contributed by atoms with Gasteiger partial charge in [0.15, 0.2) is 5.96 Å². The monoisotopic (exact) mass is 355 g/mol. The van der Waals surface area contributed by atoms with Gasteiger partial charge in [0.1, 0.15) is 5.75 Å². The number of benzene rings is 1. The quantitative estimate of drug-likeness (QED) is 0.491. The second kappa shape index (κ2) is 8.74. The first kappa shape index (κ1) is 18.3. The number of aryl methyl sites for hydroxylation is 2. The lowest BCUT2D eigenvalue weighted by Gasteiger charge is -2.21. The molecule has 0 amide bonds. The van der Waals surface area contributed by atoms with E-state index in [2.05, 4.69) is 38.6 Å². The molecule has 1 fully saturated rings. The number of hydrogen-bond acceptors (Lipinski definition) is 3. The maximum atomic E-state index is 5.28. The second-order valence-corrected chi connectivity index (χ2v) is 6.81. The van der Waals surface area contributed by atoms with Crippen LogP contribution in [0.2, 0.25) is 0 Å². The van der Waals surface area contributed by atoms with Gasteiger partial charge in [-0.1, -0.05) is 12.1 Å². The van der Waals surface area contributed by atoms with E-state index in [1.54, 1.807) is 7.11 Å². The van der Waals surface area contributed by atoms with Gasteiger partial charge in [-0.25, -0.2) is 0 Å². The van der Waals surface area contributed by atoms with E-state index in [1.165, 1.54) is 11.1 Å². The Labute approximate surface area is 155 Å². The fraction of sp³-hybridized carbons (Fsp3) is 0.500. The standard InChI is InChI=1S/C20H29N5O/c1-21-20(22-10-5-7-16-6-4-8-19(12-16)26-3)25-11-9-17(15-25)18-13-23-24(2)14-18/h4,6,8,12-14,17H,5,7,9-11,15H2,1-3H3,(H,21,22). The van der Waals surface area contributed by atoms with Gasteiger partial charge in [-0.15, -0.1) is 0 Å². The molecule has 3 rings (SSSR count). The van der Waals surface area contributed by atoms with Crippen molar-refractivity contribution in [2.24, 2.45) is 12.0 Å². The van der Waals surface area contributed by atoms with Gasteiger partial charge in [-0.2, -0.15) is 5.10 Å². The van der Waals surface area contributed by atoms with Gasteiger partial charge in [0.05, 0.1) is 13.3 Å². The number of nitrogens with one attached hydrogen (secondary N) is 1. The van der Waals surface area contributed by atoms with Crippen LogP contribution in [-0.2, 0) is 13.5 Å². The fourth-order valence-electron chi connectivity index (χ4n) is 3.53. The maximum Gasteiger partial charge on any atom is 0.193 e. The summed E-state index contributed by atoms with van der Waals surface area (Å²) in [6.07, 6.45) is 7.35. The van der Waals surface area contributed by atoms with Crippen molar-refractivity contribution in [2.75, 3.05) is 33.8 Å². The Morgan fingerprint density at radius 3 is 3.04 bits per heavy atom. The van der Waals surface area contributed by atoms with E-state index < -0.39 is 0 Å². The number of guanidine groups is 1. The summed E-state index contributed by atoms with van der Waals surface area (Å²) in [7, 11) is 5.54. The highest BCUT2D eigenvalue weighted by molar-refractivity contribution is 5.80. The molecule has 6 nitrogen and oxygen atoms in total. The second-order valence-electron chi connectivity index (χ2n) is 6.81. The van der Waals surface area contributed by atoms with Crippen molar-refractivity contribution in [3.63, 3.8) is 0 Å². The molecule has 26 heavy (non-hydrogen) atoms. The zero-order valence-corrected chi connectivity index (χ0v) is 16.0. The molecule has 0 radical (unpaired) electrons. The predicted molar refractivity (Wildman–Crippen MR) is 105 cm³/mol. The van der Waals surface area contributed by atoms with Crippen LogP contribution in [0.4, 0.5) is 0 Å². The van der Waals surface area contributed by atoms with E-state index in [0.717, 1.165) is 50.6 Å². The van der Waals surface area contributed by atoms with E-state index in [1.807, 2.05) is 37.1 Å². The van der Waals surface area contributed by atoms with Crippen LogP contribution >= 0.6 is 0 Å². The lowest BCUT2D eigenvalue weighted by Crippen LogP contribution is -2.40. The summed E-state index contributed by atoms with van der Waals surface area (Å²) in [5.41, 5.74) is 2.63. The molecule has 0 spiro atoms. The molecule has 0 saturated carbocycles. The summed E-state index contributed by atoms with van der Waals surface area (Å²) < 4.78 is 7.16. The van der Waals surface area contributed by atoms with Crippen LogP contribution in [-0.4, -0.2) is 54.4 Å². The van der Waals surface area contributed by atoms with E-state index in [9.17, 15) is 0 Å². The van der Waals surface area contributed by atoms with Crippen molar-refractivity contribution in [1.82, 2.24) is 20.0 Å². The first-order chi connectivity index (χ1) is 12.7. The molecule has 1 atom stereocenters. The Morgan fingerprint density at radius 1 is 1.42 bits per heavy atom. The average Bonchev–Trinajstić information content (AvgIpc) is 3.31. The smallest absolute Gasteiger partial charge is 0.193 e. The molecule has 1 aliphatic heterocycles. The van der Waals surface area contributed by atoms with E-state index in [4.69, 9.17) is 4.74 Å². The molecule has 2 heterocycles. The lowest BCUT2D eigenvalue weighted by molar-refractivity contribution is 0.414. The van der Waals surface area contributed by atoms with Crippen molar-refractivity contribution >= 4 is 5.96 Å². The SMILES string of the molecule is CN=C(NCCCc1cccc(OC)c1)N1CCC(c2cnn(C)c2)C1. The van der Waals surface area contributed by atoms with Crippen LogP contribution in [0.3, 0.4) is 0 Å². The van der Waals surface area contributed by atoms with Crippen molar-refractivity contribution in [2.45, 2.75) is 25.2 Å².